The summed E-state index contributed by atoms with van der Waals surface area (Å²) in [7, 11) is 1.57. The average molecular weight is 437 g/mol. The zero-order valence-corrected chi connectivity index (χ0v) is 17.9. The van der Waals surface area contributed by atoms with Crippen LogP contribution < -0.4 is 25.8 Å². The number of benzene rings is 2. The average Bonchev–Trinajstić information content (AvgIpc) is 3.18. The lowest BCUT2D eigenvalue weighted by Gasteiger charge is -2.14. The van der Waals surface area contributed by atoms with Crippen LogP contribution in [-0.2, 0) is 4.74 Å². The third-order valence-corrected chi connectivity index (χ3v) is 6.54. The highest BCUT2D eigenvalue weighted by Gasteiger charge is 2.54. The molecule has 168 valence electrons. The summed E-state index contributed by atoms with van der Waals surface area (Å²) in [6.07, 6.45) is 0. The second-order valence-corrected chi connectivity index (χ2v) is 8.46. The number of carbonyl (C=O) groups excluding carboxylic acids is 2. The molecule has 1 aliphatic carbocycles. The summed E-state index contributed by atoms with van der Waals surface area (Å²) in [5.74, 6) is 1.55. The van der Waals surface area contributed by atoms with E-state index in [1.807, 2.05) is 30.3 Å². The Kier molecular flexibility index (Phi) is 5.48. The van der Waals surface area contributed by atoms with Crippen molar-refractivity contribution in [3.8, 4) is 11.5 Å². The van der Waals surface area contributed by atoms with Crippen molar-refractivity contribution in [2.75, 3.05) is 40.0 Å². The highest BCUT2D eigenvalue weighted by molar-refractivity contribution is 6.02. The lowest BCUT2D eigenvalue weighted by atomic mass is 9.90. The largest absolute Gasteiger partial charge is 0.492 e. The van der Waals surface area contributed by atoms with Crippen molar-refractivity contribution in [2.45, 2.75) is 12.0 Å². The van der Waals surface area contributed by atoms with Gasteiger partial charge in [-0.1, -0.05) is 12.1 Å². The van der Waals surface area contributed by atoms with E-state index in [1.54, 1.807) is 13.1 Å². The fourth-order valence-corrected chi connectivity index (χ4v) is 4.70. The molecule has 0 radical (unpaired) electrons. The standard InChI is InChI=1S/C24H27N3O5/c1-26-24(29)17-9-14(23(28)27-21-19-10-30-11-20(19)21)8-16-18(12-32-22(16)17)13-2-4-15(5-3-13)31-7-6-25/h2-5,8-9,18-21H,6-7,10-12,25H2,1H3,(H,26,29)(H,27,28)/t18-,19-,20+,21?/m0/s1. The highest BCUT2D eigenvalue weighted by atomic mass is 16.5. The maximum atomic E-state index is 13.0. The Hall–Kier alpha value is -3.10. The molecule has 2 fully saturated rings. The van der Waals surface area contributed by atoms with E-state index in [2.05, 4.69) is 10.6 Å². The van der Waals surface area contributed by atoms with Crippen molar-refractivity contribution in [1.29, 1.82) is 0 Å². The normalized spacial score (nSPS) is 24.8. The van der Waals surface area contributed by atoms with E-state index in [4.69, 9.17) is 19.9 Å². The van der Waals surface area contributed by atoms with Gasteiger partial charge in [0.05, 0.1) is 25.4 Å². The molecule has 8 nitrogen and oxygen atoms in total. The first-order valence-electron chi connectivity index (χ1n) is 10.9. The monoisotopic (exact) mass is 437 g/mol. The predicted octanol–water partition coefficient (Wildman–Crippen LogP) is 1.28. The van der Waals surface area contributed by atoms with E-state index >= 15 is 0 Å². The number of ether oxygens (including phenoxy) is 3. The van der Waals surface area contributed by atoms with E-state index in [-0.39, 0.29) is 23.8 Å². The molecule has 2 aliphatic heterocycles. The summed E-state index contributed by atoms with van der Waals surface area (Å²) in [5.41, 5.74) is 8.20. The van der Waals surface area contributed by atoms with E-state index in [0.29, 0.717) is 61.7 Å². The number of nitrogens with two attached hydrogens (primary N) is 1. The Morgan fingerprint density at radius 1 is 1.09 bits per heavy atom. The van der Waals surface area contributed by atoms with Gasteiger partial charge in [-0.05, 0) is 29.8 Å². The molecule has 5 rings (SSSR count). The maximum Gasteiger partial charge on any atom is 0.254 e. The molecule has 2 amide bonds. The first kappa shape index (κ1) is 20.8. The molecule has 2 heterocycles. The third kappa shape index (κ3) is 3.69. The summed E-state index contributed by atoms with van der Waals surface area (Å²) in [6, 6.07) is 11.4. The third-order valence-electron chi connectivity index (χ3n) is 6.54. The van der Waals surface area contributed by atoms with Gasteiger partial charge < -0.3 is 30.6 Å². The van der Waals surface area contributed by atoms with Gasteiger partial charge in [0.1, 0.15) is 18.1 Å². The van der Waals surface area contributed by atoms with Gasteiger partial charge in [0.25, 0.3) is 11.8 Å². The van der Waals surface area contributed by atoms with Crippen LogP contribution in [0, 0.1) is 11.8 Å². The zero-order valence-electron chi connectivity index (χ0n) is 17.9. The molecule has 2 aromatic carbocycles. The molecular formula is C24H27N3O5. The van der Waals surface area contributed by atoms with Crippen LogP contribution in [0.4, 0.5) is 0 Å². The van der Waals surface area contributed by atoms with Gasteiger partial charge in [-0.3, -0.25) is 9.59 Å². The Labute approximate surface area is 186 Å². The summed E-state index contributed by atoms with van der Waals surface area (Å²) in [4.78, 5) is 25.6. The van der Waals surface area contributed by atoms with E-state index in [1.165, 1.54) is 0 Å². The fourth-order valence-electron chi connectivity index (χ4n) is 4.70. The van der Waals surface area contributed by atoms with Gasteiger partial charge in [-0.2, -0.15) is 0 Å². The number of nitrogens with one attached hydrogen (secondary N) is 2. The molecule has 0 bridgehead atoms. The van der Waals surface area contributed by atoms with Crippen molar-refractivity contribution in [1.82, 2.24) is 10.6 Å². The molecule has 0 spiro atoms. The minimum atomic E-state index is -0.279. The van der Waals surface area contributed by atoms with Crippen molar-refractivity contribution >= 4 is 11.8 Å². The van der Waals surface area contributed by atoms with Crippen molar-refractivity contribution in [3.63, 3.8) is 0 Å². The molecule has 8 heteroatoms. The first-order valence-corrected chi connectivity index (χ1v) is 10.9. The molecule has 1 unspecified atom stereocenters. The lowest BCUT2D eigenvalue weighted by molar-refractivity contribution is 0.0929. The number of rotatable bonds is 7. The van der Waals surface area contributed by atoms with Crippen LogP contribution in [-0.4, -0.2) is 57.9 Å². The molecular weight excluding hydrogens is 410 g/mol. The summed E-state index contributed by atoms with van der Waals surface area (Å²) in [6.45, 7) is 2.71. The zero-order chi connectivity index (χ0) is 22.2. The number of fused-ring (bicyclic) bond motifs is 2. The number of carbonyl (C=O) groups is 2. The van der Waals surface area contributed by atoms with Gasteiger partial charge in [-0.25, -0.2) is 0 Å². The first-order chi connectivity index (χ1) is 15.6. The van der Waals surface area contributed by atoms with Crippen LogP contribution in [0.15, 0.2) is 36.4 Å². The summed E-state index contributed by atoms with van der Waals surface area (Å²) in [5, 5.41) is 5.76. The van der Waals surface area contributed by atoms with Crippen molar-refractivity contribution in [2.24, 2.45) is 17.6 Å². The quantitative estimate of drug-likeness (QED) is 0.602. The topological polar surface area (TPSA) is 112 Å². The van der Waals surface area contributed by atoms with Crippen LogP contribution in [0.25, 0.3) is 0 Å². The molecule has 4 atom stereocenters. The lowest BCUT2D eigenvalue weighted by Crippen LogP contribution is -2.30. The fraction of sp³-hybridized carbons (Fsp3) is 0.417. The molecule has 0 aromatic heterocycles. The van der Waals surface area contributed by atoms with E-state index in [9.17, 15) is 9.59 Å². The SMILES string of the molecule is CNC(=O)c1cc(C(=O)NC2[C@H]3COC[C@@H]23)cc2c1OC[C@H]2c1ccc(OCCN)cc1. The molecule has 32 heavy (non-hydrogen) atoms. The Morgan fingerprint density at radius 3 is 2.53 bits per heavy atom. The second-order valence-electron chi connectivity index (χ2n) is 8.46. The van der Waals surface area contributed by atoms with Crippen molar-refractivity contribution < 1.29 is 23.8 Å². The van der Waals surface area contributed by atoms with E-state index < -0.39 is 0 Å². The molecule has 1 saturated carbocycles. The minimum absolute atomic E-state index is 0.0848. The van der Waals surface area contributed by atoms with Gasteiger partial charge >= 0.3 is 0 Å². The van der Waals surface area contributed by atoms with Crippen molar-refractivity contribution in [3.05, 3.63) is 58.7 Å². The van der Waals surface area contributed by atoms with Crippen LogP contribution in [0.3, 0.4) is 0 Å². The van der Waals surface area contributed by atoms with Gasteiger partial charge in [0.15, 0.2) is 0 Å². The van der Waals surface area contributed by atoms with Gasteiger partial charge in [-0.15, -0.1) is 0 Å². The minimum Gasteiger partial charge on any atom is -0.492 e. The Balaban J connectivity index is 1.43. The second kappa shape index (κ2) is 8.44. The summed E-state index contributed by atoms with van der Waals surface area (Å²) >= 11 is 0. The van der Waals surface area contributed by atoms with Crippen LogP contribution in [0.1, 0.15) is 37.8 Å². The molecule has 4 N–H and O–H groups in total. The van der Waals surface area contributed by atoms with Gasteiger partial charge in [0, 0.05) is 48.5 Å². The van der Waals surface area contributed by atoms with Crippen LogP contribution in [0.2, 0.25) is 0 Å². The Morgan fingerprint density at radius 2 is 1.84 bits per heavy atom. The highest BCUT2D eigenvalue weighted by Crippen LogP contribution is 2.45. The van der Waals surface area contributed by atoms with E-state index in [0.717, 1.165) is 16.9 Å². The van der Waals surface area contributed by atoms with Crippen LogP contribution in [0.5, 0.6) is 11.5 Å². The Bertz CT molecular complexity index is 1030. The molecule has 1 saturated heterocycles. The van der Waals surface area contributed by atoms with Gasteiger partial charge in [0.2, 0.25) is 0 Å². The predicted molar refractivity (Wildman–Crippen MR) is 117 cm³/mol. The van der Waals surface area contributed by atoms with Crippen LogP contribution >= 0.6 is 0 Å². The molecule has 2 aromatic rings. The molecule has 3 aliphatic rings. The number of amides is 2. The smallest absolute Gasteiger partial charge is 0.254 e. The maximum absolute atomic E-state index is 13.0. The number of hydrogen-bond acceptors (Lipinski definition) is 6. The number of hydrogen-bond donors (Lipinski definition) is 3. The summed E-state index contributed by atoms with van der Waals surface area (Å²) < 4.78 is 16.9.